The van der Waals surface area contributed by atoms with E-state index >= 15 is 0 Å². The molecular weight excluding hydrogens is 488 g/mol. The molecule has 32 heavy (non-hydrogen) atoms. The quantitative estimate of drug-likeness (QED) is 0.289. The zero-order valence-electron chi connectivity index (χ0n) is 20.6. The second-order valence-electron chi connectivity index (χ2n) is 10.6. The Morgan fingerprint density at radius 1 is 0.719 bits per heavy atom. The van der Waals surface area contributed by atoms with Gasteiger partial charge in [0.2, 0.25) is 0 Å². The van der Waals surface area contributed by atoms with E-state index in [-0.39, 0.29) is 5.33 Å². The topological polar surface area (TPSA) is 125 Å². The Labute approximate surface area is 198 Å². The molecule has 0 aliphatic heterocycles. The van der Waals surface area contributed by atoms with Gasteiger partial charge in [-0.3, -0.25) is 14.4 Å². The van der Waals surface area contributed by atoms with Crippen LogP contribution in [0.5, 0.6) is 0 Å². The lowest BCUT2D eigenvalue weighted by Crippen LogP contribution is -2.55. The van der Waals surface area contributed by atoms with E-state index in [0.29, 0.717) is 0 Å². The predicted molar refractivity (Wildman–Crippen MR) is 120 cm³/mol. The van der Waals surface area contributed by atoms with Crippen LogP contribution in [-0.2, 0) is 38.1 Å². The zero-order chi connectivity index (χ0) is 25.7. The van der Waals surface area contributed by atoms with Gasteiger partial charge in [0, 0.05) is 5.33 Å². The Balaban J connectivity index is 6.46. The summed E-state index contributed by atoms with van der Waals surface area (Å²) in [7, 11) is 1.05. The van der Waals surface area contributed by atoms with Gasteiger partial charge in [0.05, 0.1) is 23.4 Å². The molecule has 1 N–H and O–H groups in total. The number of hydrogen-bond donors (Lipinski definition) is 1. The Bertz CT molecular complexity index is 683. The fourth-order valence-electron chi connectivity index (χ4n) is 2.02. The molecule has 0 aliphatic carbocycles. The van der Waals surface area contributed by atoms with Crippen LogP contribution in [0.4, 0.5) is 0 Å². The third-order valence-corrected chi connectivity index (χ3v) is 4.82. The van der Waals surface area contributed by atoms with Crippen LogP contribution in [0.1, 0.15) is 62.3 Å². The number of methoxy groups -OCH3 is 1. The summed E-state index contributed by atoms with van der Waals surface area (Å²) >= 11 is 3.22. The predicted octanol–water partition coefficient (Wildman–Crippen LogP) is 2.79. The maximum atomic E-state index is 12.7. The third kappa shape index (κ3) is 9.05. The molecule has 0 fully saturated rings. The summed E-state index contributed by atoms with van der Waals surface area (Å²) in [5.74, 6) is -3.21. The van der Waals surface area contributed by atoms with Gasteiger partial charge in [-0.05, 0) is 62.3 Å². The number of alkyl halides is 1. The second kappa shape index (κ2) is 11.4. The van der Waals surface area contributed by atoms with Crippen LogP contribution in [-0.4, -0.2) is 65.8 Å². The lowest BCUT2D eigenvalue weighted by Gasteiger charge is -2.36. The summed E-state index contributed by atoms with van der Waals surface area (Å²) in [6, 6.07) is 0. The summed E-state index contributed by atoms with van der Waals surface area (Å²) in [5.41, 5.74) is -2.87. The van der Waals surface area contributed by atoms with Gasteiger partial charge in [0.1, 0.15) is 0 Å². The van der Waals surface area contributed by atoms with Crippen molar-refractivity contribution >= 4 is 39.8 Å². The van der Waals surface area contributed by atoms with Crippen molar-refractivity contribution in [2.75, 3.05) is 12.4 Å². The van der Waals surface area contributed by atoms with E-state index in [4.69, 9.17) is 14.2 Å². The average Bonchev–Trinajstić information content (AvgIpc) is 2.64. The fourth-order valence-corrected chi connectivity index (χ4v) is 2.52. The van der Waals surface area contributed by atoms with Crippen molar-refractivity contribution in [1.82, 2.24) is 0 Å². The van der Waals surface area contributed by atoms with E-state index in [1.807, 2.05) is 0 Å². The van der Waals surface area contributed by atoms with Gasteiger partial charge in [-0.1, -0.05) is 15.9 Å². The Morgan fingerprint density at radius 2 is 1.06 bits per heavy atom. The van der Waals surface area contributed by atoms with Crippen molar-refractivity contribution < 1.29 is 43.2 Å². The number of ether oxygens (including phenoxy) is 4. The molecule has 0 rings (SSSR count). The molecule has 0 radical (unpaired) electrons. The molecule has 10 heteroatoms. The highest BCUT2D eigenvalue weighted by Gasteiger charge is 2.47. The first-order valence-corrected chi connectivity index (χ1v) is 11.3. The van der Waals surface area contributed by atoms with Crippen molar-refractivity contribution in [2.45, 2.75) is 86.7 Å². The molecule has 186 valence electrons. The van der Waals surface area contributed by atoms with Crippen molar-refractivity contribution in [3.63, 3.8) is 0 Å². The van der Waals surface area contributed by atoms with Crippen molar-refractivity contribution in [1.29, 1.82) is 0 Å². The smallest absolute Gasteiger partial charge is 0.338 e. The minimum atomic E-state index is -2.00. The van der Waals surface area contributed by atoms with E-state index in [1.165, 1.54) is 0 Å². The normalized spacial score (nSPS) is 16.2. The second-order valence-corrected chi connectivity index (χ2v) is 11.2. The standard InChI is InChI=1S/C22H37BrO9/c1-20(2,3)17(26)30-12(11-23)14(31-18(27)21(4,5)6)15(13(24)16(25)29-10)32-19(28)22(7,8)9/h12-15,24H,11H2,1-10H3/t12-,13-,14+,15+/m0/s1. The Kier molecular flexibility index (Phi) is 10.8. The monoisotopic (exact) mass is 524 g/mol. The Hall–Kier alpha value is -1.68. The maximum absolute atomic E-state index is 12.7. The van der Waals surface area contributed by atoms with E-state index in [2.05, 4.69) is 20.7 Å². The molecule has 0 bridgehead atoms. The van der Waals surface area contributed by atoms with Gasteiger partial charge in [-0.2, -0.15) is 0 Å². The summed E-state index contributed by atoms with van der Waals surface area (Å²) in [4.78, 5) is 50.0. The van der Waals surface area contributed by atoms with Crippen molar-refractivity contribution in [3.05, 3.63) is 0 Å². The molecule has 0 saturated heterocycles. The molecule has 0 aromatic carbocycles. The summed E-state index contributed by atoms with van der Waals surface area (Å²) < 4.78 is 21.2. The highest BCUT2D eigenvalue weighted by atomic mass is 79.9. The molecule has 0 amide bonds. The minimum Gasteiger partial charge on any atom is -0.467 e. The van der Waals surface area contributed by atoms with Crippen molar-refractivity contribution in [3.8, 4) is 0 Å². The number of rotatable bonds is 8. The van der Waals surface area contributed by atoms with Crippen LogP contribution in [0, 0.1) is 16.2 Å². The number of esters is 4. The molecule has 0 unspecified atom stereocenters. The van der Waals surface area contributed by atoms with Gasteiger partial charge in [0.15, 0.2) is 24.4 Å². The first-order chi connectivity index (χ1) is 14.3. The SMILES string of the molecule is COC(=O)[C@@H](O)[C@@H](OC(=O)C(C)(C)C)[C@H](OC(=O)C(C)(C)C)[C@H](CBr)OC(=O)C(C)(C)C. The van der Waals surface area contributed by atoms with Gasteiger partial charge in [0.25, 0.3) is 0 Å². The van der Waals surface area contributed by atoms with Gasteiger partial charge >= 0.3 is 23.9 Å². The maximum Gasteiger partial charge on any atom is 0.338 e. The molecule has 0 aromatic rings. The number of carbonyl (C=O) groups excluding carboxylic acids is 4. The van der Waals surface area contributed by atoms with Crippen LogP contribution in [0.3, 0.4) is 0 Å². The van der Waals surface area contributed by atoms with E-state index in [0.717, 1.165) is 7.11 Å². The van der Waals surface area contributed by atoms with Crippen LogP contribution in [0.25, 0.3) is 0 Å². The molecule has 0 heterocycles. The molecule has 0 spiro atoms. The summed E-state index contributed by atoms with van der Waals surface area (Å²) in [6.07, 6.45) is -6.40. The van der Waals surface area contributed by atoms with Crippen LogP contribution in [0.2, 0.25) is 0 Å². The molecule has 0 aromatic heterocycles. The number of hydrogen-bond acceptors (Lipinski definition) is 9. The Morgan fingerprint density at radius 3 is 1.38 bits per heavy atom. The highest BCUT2D eigenvalue weighted by molar-refractivity contribution is 9.09. The molecule has 0 saturated carbocycles. The summed E-state index contributed by atoms with van der Waals surface area (Å²) in [5, 5.41) is 10.6. The zero-order valence-corrected chi connectivity index (χ0v) is 22.2. The number of halogens is 1. The van der Waals surface area contributed by atoms with E-state index in [9.17, 15) is 24.3 Å². The average molecular weight is 525 g/mol. The minimum absolute atomic E-state index is 0.0334. The summed E-state index contributed by atoms with van der Waals surface area (Å²) in [6.45, 7) is 14.4. The van der Waals surface area contributed by atoms with E-state index < -0.39 is 64.5 Å². The fraction of sp³-hybridized carbons (Fsp3) is 0.818. The van der Waals surface area contributed by atoms with Gasteiger partial charge in [-0.15, -0.1) is 0 Å². The van der Waals surface area contributed by atoms with Gasteiger partial charge < -0.3 is 24.1 Å². The first-order valence-electron chi connectivity index (χ1n) is 10.2. The van der Waals surface area contributed by atoms with Crippen molar-refractivity contribution in [2.24, 2.45) is 16.2 Å². The number of aliphatic hydroxyl groups excluding tert-OH is 1. The molecular formula is C22H37BrO9. The molecule has 9 nitrogen and oxygen atoms in total. The number of aliphatic hydroxyl groups is 1. The number of carbonyl (C=O) groups is 4. The lowest BCUT2D eigenvalue weighted by molar-refractivity contribution is -0.206. The highest BCUT2D eigenvalue weighted by Crippen LogP contribution is 2.27. The molecule has 4 atom stereocenters. The van der Waals surface area contributed by atoms with E-state index in [1.54, 1.807) is 62.3 Å². The third-order valence-electron chi connectivity index (χ3n) is 4.18. The molecule has 0 aliphatic rings. The largest absolute Gasteiger partial charge is 0.467 e. The van der Waals surface area contributed by atoms with Crippen LogP contribution in [0.15, 0.2) is 0 Å². The van der Waals surface area contributed by atoms with Gasteiger partial charge in [-0.25, -0.2) is 4.79 Å². The van der Waals surface area contributed by atoms with Crippen LogP contribution >= 0.6 is 15.9 Å². The first kappa shape index (κ1) is 30.3. The van der Waals surface area contributed by atoms with Crippen LogP contribution < -0.4 is 0 Å². The lowest BCUT2D eigenvalue weighted by atomic mass is 9.94.